The van der Waals surface area contributed by atoms with E-state index in [1.54, 1.807) is 0 Å². The van der Waals surface area contributed by atoms with Gasteiger partial charge in [-0.25, -0.2) is 0 Å². The van der Waals surface area contributed by atoms with Crippen LogP contribution in [0.5, 0.6) is 0 Å². The normalized spacial score (nSPS) is 20.0. The van der Waals surface area contributed by atoms with E-state index in [9.17, 15) is 4.79 Å². The van der Waals surface area contributed by atoms with Gasteiger partial charge < -0.3 is 10.6 Å². The number of likely N-dealkylation sites (tertiary alicyclic amines) is 1. The first-order chi connectivity index (χ1) is 11.4. The van der Waals surface area contributed by atoms with Crippen molar-refractivity contribution in [1.29, 1.82) is 0 Å². The zero-order valence-electron chi connectivity index (χ0n) is 15.6. The summed E-state index contributed by atoms with van der Waals surface area (Å²) >= 11 is 0. The minimum atomic E-state index is -0.384. The van der Waals surface area contributed by atoms with E-state index in [1.807, 2.05) is 18.7 Å². The maximum absolute atomic E-state index is 12.6. The molecule has 2 atom stereocenters. The van der Waals surface area contributed by atoms with Gasteiger partial charge in [0, 0.05) is 31.7 Å². The minimum absolute atomic E-state index is 0.109. The van der Waals surface area contributed by atoms with Crippen molar-refractivity contribution in [1.82, 2.24) is 9.80 Å². The van der Waals surface area contributed by atoms with E-state index < -0.39 is 0 Å². The number of nitrogens with zero attached hydrogens (tertiary/aromatic N) is 2. The van der Waals surface area contributed by atoms with Crippen molar-refractivity contribution in [2.45, 2.75) is 65.2 Å². The predicted molar refractivity (Wildman–Crippen MR) is 99.5 cm³/mol. The highest BCUT2D eigenvalue weighted by Crippen LogP contribution is 2.21. The Morgan fingerprint density at radius 1 is 1.25 bits per heavy atom. The van der Waals surface area contributed by atoms with Crippen LogP contribution in [-0.4, -0.2) is 46.9 Å². The van der Waals surface area contributed by atoms with Gasteiger partial charge in [-0.05, 0) is 38.2 Å². The Hall–Kier alpha value is -1.39. The maximum atomic E-state index is 12.6. The van der Waals surface area contributed by atoms with Gasteiger partial charge in [-0.15, -0.1) is 0 Å². The Labute approximate surface area is 147 Å². The molecule has 2 N–H and O–H groups in total. The molecular weight excluding hydrogens is 298 g/mol. The second-order valence-corrected chi connectivity index (χ2v) is 7.60. The van der Waals surface area contributed by atoms with Gasteiger partial charge >= 0.3 is 0 Å². The topological polar surface area (TPSA) is 49.6 Å². The summed E-state index contributed by atoms with van der Waals surface area (Å²) in [6.45, 7) is 11.1. The van der Waals surface area contributed by atoms with Gasteiger partial charge in [0.2, 0.25) is 5.91 Å². The molecule has 0 bridgehead atoms. The molecule has 1 amide bonds. The standard InChI is InChI=1S/C20H33N3O/c1-15(2)19(21)20(24)22-12-8-11-18(14-22)23(16(3)4)13-17-9-6-5-7-10-17/h5-7,9-10,15-16,18-19H,8,11-14,21H2,1-4H3/t18?,19-/m0/s1. The molecule has 1 heterocycles. The van der Waals surface area contributed by atoms with Gasteiger partial charge in [0.05, 0.1) is 6.04 Å². The number of rotatable bonds is 6. The summed E-state index contributed by atoms with van der Waals surface area (Å²) in [7, 11) is 0. The number of benzene rings is 1. The van der Waals surface area contributed by atoms with Crippen molar-refractivity contribution in [3.63, 3.8) is 0 Å². The van der Waals surface area contributed by atoms with Crippen molar-refractivity contribution < 1.29 is 4.79 Å². The van der Waals surface area contributed by atoms with Crippen molar-refractivity contribution in [2.75, 3.05) is 13.1 Å². The van der Waals surface area contributed by atoms with Gasteiger partial charge in [0.15, 0.2) is 0 Å². The number of hydrogen-bond donors (Lipinski definition) is 1. The van der Waals surface area contributed by atoms with E-state index in [1.165, 1.54) is 5.56 Å². The molecule has 1 aromatic carbocycles. The van der Waals surface area contributed by atoms with Crippen LogP contribution in [0, 0.1) is 5.92 Å². The molecule has 1 fully saturated rings. The summed E-state index contributed by atoms with van der Waals surface area (Å²) in [6, 6.07) is 11.1. The number of amides is 1. The number of piperidine rings is 1. The molecule has 1 aliphatic rings. The SMILES string of the molecule is CC(C)[C@H](N)C(=O)N1CCCC(N(Cc2ccccc2)C(C)C)C1. The van der Waals surface area contributed by atoms with Crippen LogP contribution in [-0.2, 0) is 11.3 Å². The summed E-state index contributed by atoms with van der Waals surface area (Å²) < 4.78 is 0. The fourth-order valence-electron chi connectivity index (χ4n) is 3.45. The largest absolute Gasteiger partial charge is 0.340 e. The van der Waals surface area contributed by atoms with E-state index in [4.69, 9.17) is 5.73 Å². The summed E-state index contributed by atoms with van der Waals surface area (Å²) in [6.07, 6.45) is 2.20. The van der Waals surface area contributed by atoms with E-state index in [0.29, 0.717) is 12.1 Å². The number of carbonyl (C=O) groups is 1. The molecule has 4 nitrogen and oxygen atoms in total. The van der Waals surface area contributed by atoms with Crippen molar-refractivity contribution in [3.05, 3.63) is 35.9 Å². The molecule has 1 unspecified atom stereocenters. The molecule has 0 spiro atoms. The van der Waals surface area contributed by atoms with E-state index >= 15 is 0 Å². The van der Waals surface area contributed by atoms with Crippen LogP contribution in [0.2, 0.25) is 0 Å². The monoisotopic (exact) mass is 331 g/mol. The molecule has 0 aromatic heterocycles. The lowest BCUT2D eigenvalue weighted by Gasteiger charge is -2.42. The summed E-state index contributed by atoms with van der Waals surface area (Å²) in [5.74, 6) is 0.293. The Morgan fingerprint density at radius 2 is 1.92 bits per heavy atom. The fourth-order valence-corrected chi connectivity index (χ4v) is 3.45. The highest BCUT2D eigenvalue weighted by molar-refractivity contribution is 5.82. The zero-order chi connectivity index (χ0) is 17.7. The number of nitrogens with two attached hydrogens (primary N) is 1. The predicted octanol–water partition coefficient (Wildman–Crippen LogP) is 2.87. The molecule has 0 saturated carbocycles. The molecule has 0 radical (unpaired) electrons. The van der Waals surface area contributed by atoms with E-state index in [-0.39, 0.29) is 17.9 Å². The van der Waals surface area contributed by atoms with E-state index in [0.717, 1.165) is 32.5 Å². The van der Waals surface area contributed by atoms with Crippen LogP contribution in [0.4, 0.5) is 0 Å². The molecule has 1 aromatic rings. The lowest BCUT2D eigenvalue weighted by atomic mass is 9.98. The Balaban J connectivity index is 2.06. The first kappa shape index (κ1) is 18.9. The minimum Gasteiger partial charge on any atom is -0.340 e. The molecule has 2 rings (SSSR count). The van der Waals surface area contributed by atoms with Gasteiger partial charge in [-0.1, -0.05) is 44.2 Å². The third-order valence-corrected chi connectivity index (χ3v) is 5.05. The summed E-state index contributed by atoms with van der Waals surface area (Å²) in [4.78, 5) is 17.1. The van der Waals surface area contributed by atoms with Gasteiger partial charge in [-0.2, -0.15) is 0 Å². The lowest BCUT2D eigenvalue weighted by molar-refractivity contribution is -0.136. The fraction of sp³-hybridized carbons (Fsp3) is 0.650. The highest BCUT2D eigenvalue weighted by atomic mass is 16.2. The van der Waals surface area contributed by atoms with Gasteiger partial charge in [0.25, 0.3) is 0 Å². The Bertz CT molecular complexity index is 515. The molecule has 1 saturated heterocycles. The van der Waals surface area contributed by atoms with Crippen LogP contribution < -0.4 is 5.73 Å². The van der Waals surface area contributed by atoms with Crippen LogP contribution in [0.15, 0.2) is 30.3 Å². The quantitative estimate of drug-likeness (QED) is 0.872. The van der Waals surface area contributed by atoms with Crippen molar-refractivity contribution in [3.8, 4) is 0 Å². The van der Waals surface area contributed by atoms with E-state index in [2.05, 4.69) is 49.1 Å². The average molecular weight is 332 g/mol. The molecule has 1 aliphatic heterocycles. The highest BCUT2D eigenvalue weighted by Gasteiger charge is 2.31. The van der Waals surface area contributed by atoms with Crippen LogP contribution in [0.25, 0.3) is 0 Å². The van der Waals surface area contributed by atoms with Gasteiger partial charge in [-0.3, -0.25) is 9.69 Å². The second kappa shape index (κ2) is 8.63. The maximum Gasteiger partial charge on any atom is 0.239 e. The lowest BCUT2D eigenvalue weighted by Crippen LogP contribution is -2.55. The number of hydrogen-bond acceptors (Lipinski definition) is 3. The van der Waals surface area contributed by atoms with Crippen molar-refractivity contribution >= 4 is 5.91 Å². The smallest absolute Gasteiger partial charge is 0.239 e. The first-order valence-corrected chi connectivity index (χ1v) is 9.24. The Kier molecular flexibility index (Phi) is 6.81. The van der Waals surface area contributed by atoms with Crippen LogP contribution in [0.3, 0.4) is 0 Å². The second-order valence-electron chi connectivity index (χ2n) is 7.60. The average Bonchev–Trinajstić information content (AvgIpc) is 2.59. The third-order valence-electron chi connectivity index (χ3n) is 5.05. The Morgan fingerprint density at radius 3 is 2.50 bits per heavy atom. The summed E-state index contributed by atoms with van der Waals surface area (Å²) in [5.41, 5.74) is 7.42. The summed E-state index contributed by atoms with van der Waals surface area (Å²) in [5, 5.41) is 0. The first-order valence-electron chi connectivity index (χ1n) is 9.24. The molecule has 24 heavy (non-hydrogen) atoms. The number of carbonyl (C=O) groups excluding carboxylic acids is 1. The molecule has 134 valence electrons. The molecular formula is C20H33N3O. The van der Waals surface area contributed by atoms with Gasteiger partial charge in [0.1, 0.15) is 0 Å². The van der Waals surface area contributed by atoms with Crippen LogP contribution >= 0.6 is 0 Å². The third kappa shape index (κ3) is 4.81. The molecule has 0 aliphatic carbocycles. The molecule has 4 heteroatoms. The van der Waals surface area contributed by atoms with Crippen molar-refractivity contribution in [2.24, 2.45) is 11.7 Å². The van der Waals surface area contributed by atoms with Crippen LogP contribution in [0.1, 0.15) is 46.1 Å². The zero-order valence-corrected chi connectivity index (χ0v) is 15.6.